The molecule has 0 aliphatic rings. The zero-order valence-electron chi connectivity index (χ0n) is 4.97. The lowest BCUT2D eigenvalue weighted by Crippen LogP contribution is -2.32. The summed E-state index contributed by atoms with van der Waals surface area (Å²) in [5.74, 6) is -4.38. The van der Waals surface area contributed by atoms with Crippen molar-refractivity contribution in [2.75, 3.05) is 6.61 Å². The quantitative estimate of drug-likeness (QED) is 0.539. The van der Waals surface area contributed by atoms with Crippen LogP contribution in [-0.2, 0) is 15.5 Å². The zero-order chi connectivity index (χ0) is 9.07. The summed E-state index contributed by atoms with van der Waals surface area (Å²) in [6.45, 7) is -1.77. The average Bonchev–Trinajstić information content (AvgIpc) is 1.84. The molecule has 3 nitrogen and oxygen atoms in total. The maximum atomic E-state index is 11.8. The molecule has 1 atom stereocenters. The fraction of sp³-hybridized carbons (Fsp3) is 1.00. The molecule has 68 valence electrons. The molecule has 0 rings (SSSR count). The summed E-state index contributed by atoms with van der Waals surface area (Å²) in [5.41, 5.74) is 0. The van der Waals surface area contributed by atoms with Crippen LogP contribution in [0.4, 0.5) is 17.6 Å². The van der Waals surface area contributed by atoms with Gasteiger partial charge in [-0.25, -0.2) is 8.78 Å². The predicted molar refractivity (Wildman–Crippen MR) is 27.7 cm³/mol. The van der Waals surface area contributed by atoms with E-state index in [1.807, 2.05) is 0 Å². The lowest BCUT2D eigenvalue weighted by Gasteiger charge is -2.12. The van der Waals surface area contributed by atoms with Gasteiger partial charge in [0.15, 0.2) is 0 Å². The van der Waals surface area contributed by atoms with Gasteiger partial charge in [0.05, 0.1) is 0 Å². The Balaban J connectivity index is 3.82. The fourth-order valence-electron chi connectivity index (χ4n) is 0.192. The molecule has 8 heteroatoms. The van der Waals surface area contributed by atoms with Gasteiger partial charge < -0.3 is 0 Å². The molecule has 0 heterocycles. The SMILES string of the molecule is O=S(O)OCC(F)(F)C(F)F. The first-order chi connectivity index (χ1) is 4.86. The van der Waals surface area contributed by atoms with Crippen molar-refractivity contribution < 1.29 is 30.5 Å². The number of hydrogen-bond donors (Lipinski definition) is 1. The summed E-state index contributed by atoms with van der Waals surface area (Å²) in [4.78, 5) is 0. The Morgan fingerprint density at radius 2 is 2.00 bits per heavy atom. The normalized spacial score (nSPS) is 15.5. The monoisotopic (exact) mass is 196 g/mol. The number of alkyl halides is 4. The third kappa shape index (κ3) is 4.27. The van der Waals surface area contributed by atoms with E-state index in [4.69, 9.17) is 4.55 Å². The molecule has 0 bridgehead atoms. The van der Waals surface area contributed by atoms with Crippen LogP contribution in [-0.4, -0.2) is 27.7 Å². The topological polar surface area (TPSA) is 46.5 Å². The molecule has 0 saturated carbocycles. The van der Waals surface area contributed by atoms with E-state index in [1.54, 1.807) is 0 Å². The minimum Gasteiger partial charge on any atom is -0.284 e. The molecule has 0 radical (unpaired) electrons. The van der Waals surface area contributed by atoms with Gasteiger partial charge in [0.2, 0.25) is 0 Å². The van der Waals surface area contributed by atoms with E-state index in [0.717, 1.165) is 0 Å². The third-order valence-corrected chi connectivity index (χ3v) is 0.991. The van der Waals surface area contributed by atoms with E-state index in [1.165, 1.54) is 0 Å². The van der Waals surface area contributed by atoms with Crippen LogP contribution in [0.3, 0.4) is 0 Å². The van der Waals surface area contributed by atoms with Crippen LogP contribution in [0.25, 0.3) is 0 Å². The van der Waals surface area contributed by atoms with E-state index < -0.39 is 30.3 Å². The van der Waals surface area contributed by atoms with Crippen LogP contribution < -0.4 is 0 Å². The summed E-state index contributed by atoms with van der Waals surface area (Å²) in [6, 6.07) is 0. The second-order valence-electron chi connectivity index (χ2n) is 1.54. The van der Waals surface area contributed by atoms with Gasteiger partial charge in [0.1, 0.15) is 6.61 Å². The Hall–Kier alpha value is -0.210. The fourth-order valence-corrected chi connectivity index (χ4v) is 0.450. The molecule has 0 saturated heterocycles. The molecule has 0 aliphatic carbocycles. The van der Waals surface area contributed by atoms with Gasteiger partial charge >= 0.3 is 23.7 Å². The lowest BCUT2D eigenvalue weighted by molar-refractivity contribution is -0.147. The first-order valence-electron chi connectivity index (χ1n) is 2.26. The maximum absolute atomic E-state index is 11.8. The van der Waals surface area contributed by atoms with Crippen molar-refractivity contribution in [3.63, 3.8) is 0 Å². The van der Waals surface area contributed by atoms with Crippen LogP contribution in [0.2, 0.25) is 0 Å². The van der Waals surface area contributed by atoms with Crippen molar-refractivity contribution in [1.82, 2.24) is 0 Å². The van der Waals surface area contributed by atoms with Gasteiger partial charge in [0, 0.05) is 0 Å². The summed E-state index contributed by atoms with van der Waals surface area (Å²) in [6.07, 6.45) is -3.90. The van der Waals surface area contributed by atoms with Crippen LogP contribution >= 0.6 is 0 Å². The first kappa shape index (κ1) is 10.8. The van der Waals surface area contributed by atoms with Crippen LogP contribution in [0, 0.1) is 0 Å². The first-order valence-corrected chi connectivity index (χ1v) is 3.29. The van der Waals surface area contributed by atoms with Crippen molar-refractivity contribution in [1.29, 1.82) is 0 Å². The Morgan fingerprint density at radius 3 is 2.27 bits per heavy atom. The van der Waals surface area contributed by atoms with Crippen molar-refractivity contribution in [2.45, 2.75) is 12.3 Å². The molecular weight excluding hydrogens is 192 g/mol. The summed E-state index contributed by atoms with van der Waals surface area (Å²) in [7, 11) is 0. The van der Waals surface area contributed by atoms with Gasteiger partial charge in [-0.15, -0.1) is 0 Å². The van der Waals surface area contributed by atoms with Gasteiger partial charge in [-0.1, -0.05) is 0 Å². The van der Waals surface area contributed by atoms with Crippen molar-refractivity contribution in [3.8, 4) is 0 Å². The standard InChI is InChI=1S/C3H4F4O3S/c4-2(5)3(6,7)1-10-11(8)9/h2H,1H2,(H,8,9). The number of halogens is 4. The largest absolute Gasteiger partial charge is 0.331 e. The number of hydrogen-bond acceptors (Lipinski definition) is 2. The van der Waals surface area contributed by atoms with E-state index in [2.05, 4.69) is 4.18 Å². The van der Waals surface area contributed by atoms with Gasteiger partial charge in [0.25, 0.3) is 0 Å². The smallest absolute Gasteiger partial charge is 0.284 e. The average molecular weight is 196 g/mol. The van der Waals surface area contributed by atoms with Crippen molar-refractivity contribution in [2.24, 2.45) is 0 Å². The predicted octanol–water partition coefficient (Wildman–Crippen LogP) is 1.04. The summed E-state index contributed by atoms with van der Waals surface area (Å²) < 4.78 is 66.8. The third-order valence-electron chi connectivity index (χ3n) is 0.671. The Labute approximate surface area is 61.8 Å². The van der Waals surface area contributed by atoms with E-state index >= 15 is 0 Å². The highest BCUT2D eigenvalue weighted by molar-refractivity contribution is 7.74. The molecule has 0 aliphatic heterocycles. The molecule has 11 heavy (non-hydrogen) atoms. The molecule has 0 amide bonds. The second-order valence-corrected chi connectivity index (χ2v) is 2.21. The molecule has 1 N–H and O–H groups in total. The molecule has 0 aromatic rings. The lowest BCUT2D eigenvalue weighted by atomic mass is 10.4. The van der Waals surface area contributed by atoms with E-state index in [0.29, 0.717) is 0 Å². The van der Waals surface area contributed by atoms with E-state index in [-0.39, 0.29) is 0 Å². The minimum atomic E-state index is -4.38. The summed E-state index contributed by atoms with van der Waals surface area (Å²) >= 11 is -2.94. The highest BCUT2D eigenvalue weighted by Gasteiger charge is 2.41. The van der Waals surface area contributed by atoms with E-state index in [9.17, 15) is 21.8 Å². The molecule has 1 unspecified atom stereocenters. The second kappa shape index (κ2) is 3.98. The molecular formula is C3H4F4O3S. The molecule has 0 fully saturated rings. The molecule has 0 aromatic carbocycles. The van der Waals surface area contributed by atoms with Gasteiger partial charge in [-0.2, -0.15) is 13.0 Å². The zero-order valence-corrected chi connectivity index (χ0v) is 5.78. The van der Waals surface area contributed by atoms with Crippen LogP contribution in [0.5, 0.6) is 0 Å². The van der Waals surface area contributed by atoms with Crippen molar-refractivity contribution >= 4 is 11.4 Å². The molecule has 0 spiro atoms. The Kier molecular flexibility index (Phi) is 3.90. The van der Waals surface area contributed by atoms with Crippen molar-refractivity contribution in [3.05, 3.63) is 0 Å². The minimum absolute atomic E-state index is 1.77. The van der Waals surface area contributed by atoms with Crippen LogP contribution in [0.15, 0.2) is 0 Å². The van der Waals surface area contributed by atoms with Crippen LogP contribution in [0.1, 0.15) is 0 Å². The summed E-state index contributed by atoms with van der Waals surface area (Å²) in [5, 5.41) is 0. The number of rotatable bonds is 4. The Bertz CT molecular complexity index is 150. The Morgan fingerprint density at radius 1 is 1.55 bits per heavy atom. The maximum Gasteiger partial charge on any atom is 0.331 e. The van der Waals surface area contributed by atoms with Gasteiger partial charge in [-0.3, -0.25) is 8.74 Å². The van der Waals surface area contributed by atoms with Gasteiger partial charge in [-0.05, 0) is 0 Å². The molecule has 0 aromatic heterocycles. The highest BCUT2D eigenvalue weighted by atomic mass is 32.2. The highest BCUT2D eigenvalue weighted by Crippen LogP contribution is 2.22.